The molecule has 1 saturated carbocycles. The Morgan fingerprint density at radius 2 is 1.82 bits per heavy atom. The summed E-state index contributed by atoms with van der Waals surface area (Å²) in [7, 11) is 2.01. The second kappa shape index (κ2) is 14.1. The van der Waals surface area contributed by atoms with Crippen molar-refractivity contribution in [2.75, 3.05) is 43.1 Å². The van der Waals surface area contributed by atoms with E-state index in [0.29, 0.717) is 53.6 Å². The number of nitrogen functional groups attached to an aromatic ring is 1. The van der Waals surface area contributed by atoms with Crippen molar-refractivity contribution in [3.05, 3.63) is 83.4 Å². The van der Waals surface area contributed by atoms with Gasteiger partial charge in [0.05, 0.1) is 30.4 Å². The van der Waals surface area contributed by atoms with Gasteiger partial charge in [-0.25, -0.2) is 0 Å². The lowest BCUT2D eigenvalue weighted by molar-refractivity contribution is -0.134. The number of para-hydroxylation sites is 2. The van der Waals surface area contributed by atoms with Crippen molar-refractivity contribution in [2.45, 2.75) is 51.8 Å². The minimum absolute atomic E-state index is 0.00321. The number of fused-ring (bicyclic) bond motifs is 1. The monoisotopic (exact) mass is 613 g/mol. The van der Waals surface area contributed by atoms with Crippen molar-refractivity contribution in [3.63, 3.8) is 0 Å². The van der Waals surface area contributed by atoms with Crippen LogP contribution in [0.25, 0.3) is 0 Å². The number of anilines is 3. The number of carbonyl (C=O) groups excluding carboxylic acids is 3. The Morgan fingerprint density at radius 3 is 2.51 bits per heavy atom. The van der Waals surface area contributed by atoms with E-state index in [0.717, 1.165) is 18.4 Å². The van der Waals surface area contributed by atoms with Gasteiger partial charge in [0, 0.05) is 48.3 Å². The summed E-state index contributed by atoms with van der Waals surface area (Å²) in [6, 6.07) is 19.8. The molecule has 0 unspecified atom stereocenters. The van der Waals surface area contributed by atoms with E-state index < -0.39 is 0 Å². The van der Waals surface area contributed by atoms with Crippen LogP contribution in [0, 0.1) is 11.8 Å². The number of benzene rings is 3. The lowest BCUT2D eigenvalue weighted by Crippen LogP contribution is -2.47. The molecule has 1 heterocycles. The van der Waals surface area contributed by atoms with Crippen LogP contribution in [0.1, 0.15) is 48.2 Å². The summed E-state index contributed by atoms with van der Waals surface area (Å²) in [6.45, 7) is 5.40. The first kappa shape index (κ1) is 32.0. The van der Waals surface area contributed by atoms with Crippen LogP contribution in [0.15, 0.2) is 66.7 Å². The molecule has 10 nitrogen and oxygen atoms in total. The second-order valence-corrected chi connectivity index (χ2v) is 12.4. The molecule has 0 bridgehead atoms. The number of aliphatic hydroxyl groups is 1. The van der Waals surface area contributed by atoms with E-state index in [9.17, 15) is 19.5 Å². The number of hydrogen-bond acceptors (Lipinski definition) is 7. The second-order valence-electron chi connectivity index (χ2n) is 12.4. The highest BCUT2D eigenvalue weighted by Gasteiger charge is 2.32. The van der Waals surface area contributed by atoms with Gasteiger partial charge in [-0.2, -0.15) is 0 Å². The third-order valence-corrected chi connectivity index (χ3v) is 8.50. The number of nitrogens with one attached hydrogen (secondary N) is 2. The SMILES string of the molecule is C[C@H](CO)N1C[C@H](C)[C@H](CN(C)Cc2ccc(C(=O)Nc3ccccc3N)cc2)Oc2ccc(NC(=O)C3CC3)cc2CC1=O. The average molecular weight is 614 g/mol. The Balaban J connectivity index is 1.29. The maximum Gasteiger partial charge on any atom is 0.255 e. The zero-order valence-corrected chi connectivity index (χ0v) is 26.2. The van der Waals surface area contributed by atoms with Gasteiger partial charge in [-0.1, -0.05) is 31.2 Å². The van der Waals surface area contributed by atoms with Crippen molar-refractivity contribution >= 4 is 34.8 Å². The van der Waals surface area contributed by atoms with Gasteiger partial charge in [0.1, 0.15) is 11.9 Å². The van der Waals surface area contributed by atoms with Crippen molar-refractivity contribution in [2.24, 2.45) is 11.8 Å². The van der Waals surface area contributed by atoms with Crippen LogP contribution < -0.4 is 21.1 Å². The molecule has 1 fully saturated rings. The molecular weight excluding hydrogens is 570 g/mol. The molecular formula is C35H43N5O5. The Bertz CT molecular complexity index is 1520. The number of likely N-dealkylation sites (N-methyl/N-ethyl adjacent to an activating group) is 1. The molecule has 3 atom stereocenters. The summed E-state index contributed by atoms with van der Waals surface area (Å²) in [5.74, 6) is 0.325. The average Bonchev–Trinajstić information content (AvgIpc) is 3.87. The zero-order chi connectivity index (χ0) is 32.1. The van der Waals surface area contributed by atoms with Gasteiger partial charge in [-0.05, 0) is 74.8 Å². The standard InChI is InChI=1S/C35H43N5O5/c1-22-18-40(23(2)21-41)33(42)17-27-16-28(37-34(43)26-12-13-26)14-15-31(27)45-32(22)20-39(3)19-24-8-10-25(11-9-24)35(44)38-30-7-5-4-6-29(30)36/h4-11,14-16,22-23,26,32,41H,12-13,17-21,36H2,1-3H3,(H,37,43)(H,38,44)/t22-,23+,32-/m0/s1. The van der Waals surface area contributed by atoms with Crippen LogP contribution in [-0.4, -0.2) is 71.5 Å². The predicted octanol–water partition coefficient (Wildman–Crippen LogP) is 4.15. The summed E-state index contributed by atoms with van der Waals surface area (Å²) in [6.07, 6.45) is 1.66. The number of rotatable bonds is 10. The minimum Gasteiger partial charge on any atom is -0.488 e. The number of carbonyl (C=O) groups is 3. The van der Waals surface area contributed by atoms with E-state index in [4.69, 9.17) is 10.5 Å². The number of nitrogens with zero attached hydrogens (tertiary/aromatic N) is 2. The van der Waals surface area contributed by atoms with Gasteiger partial charge in [0.15, 0.2) is 0 Å². The van der Waals surface area contributed by atoms with Gasteiger partial charge in [0.25, 0.3) is 5.91 Å². The number of hydrogen-bond donors (Lipinski definition) is 4. The first-order chi connectivity index (χ1) is 21.6. The molecule has 0 aromatic heterocycles. The Labute approximate surface area is 264 Å². The van der Waals surface area contributed by atoms with Gasteiger partial charge < -0.3 is 31.1 Å². The predicted molar refractivity (Wildman–Crippen MR) is 175 cm³/mol. The van der Waals surface area contributed by atoms with Crippen LogP contribution in [0.2, 0.25) is 0 Å². The first-order valence-electron chi connectivity index (χ1n) is 15.6. The van der Waals surface area contributed by atoms with E-state index in [1.165, 1.54) is 0 Å². The van der Waals surface area contributed by atoms with E-state index >= 15 is 0 Å². The van der Waals surface area contributed by atoms with Crippen LogP contribution in [0.5, 0.6) is 5.75 Å². The fraction of sp³-hybridized carbons (Fsp3) is 0.400. The molecule has 1 aliphatic carbocycles. The molecule has 2 aliphatic rings. The fourth-order valence-electron chi connectivity index (χ4n) is 5.57. The lowest BCUT2D eigenvalue weighted by atomic mass is 10.0. The largest absolute Gasteiger partial charge is 0.488 e. The summed E-state index contributed by atoms with van der Waals surface area (Å²) >= 11 is 0. The Kier molecular flexibility index (Phi) is 10.0. The fourth-order valence-corrected chi connectivity index (χ4v) is 5.57. The van der Waals surface area contributed by atoms with Gasteiger partial charge in [-0.3, -0.25) is 19.3 Å². The molecule has 1 aliphatic heterocycles. The molecule has 10 heteroatoms. The van der Waals surface area contributed by atoms with E-state index in [1.807, 2.05) is 56.4 Å². The topological polar surface area (TPSA) is 137 Å². The Hall–Kier alpha value is -4.41. The Morgan fingerprint density at radius 1 is 1.09 bits per heavy atom. The van der Waals surface area contributed by atoms with Crippen molar-refractivity contribution < 1.29 is 24.2 Å². The van der Waals surface area contributed by atoms with Crippen LogP contribution in [-0.2, 0) is 22.6 Å². The first-order valence-corrected chi connectivity index (χ1v) is 15.6. The number of nitrogens with two attached hydrogens (primary N) is 1. The van der Waals surface area contributed by atoms with Crippen LogP contribution in [0.4, 0.5) is 17.1 Å². The number of ether oxygens (including phenoxy) is 1. The van der Waals surface area contributed by atoms with E-state index in [1.54, 1.807) is 29.2 Å². The van der Waals surface area contributed by atoms with Crippen molar-refractivity contribution in [1.82, 2.24) is 9.80 Å². The third-order valence-electron chi connectivity index (χ3n) is 8.50. The molecule has 238 valence electrons. The molecule has 45 heavy (non-hydrogen) atoms. The van der Waals surface area contributed by atoms with Crippen LogP contribution in [0.3, 0.4) is 0 Å². The van der Waals surface area contributed by atoms with Gasteiger partial charge in [-0.15, -0.1) is 0 Å². The highest BCUT2D eigenvalue weighted by molar-refractivity contribution is 6.05. The maximum absolute atomic E-state index is 13.5. The number of amides is 3. The molecule has 3 aromatic carbocycles. The van der Waals surface area contributed by atoms with Crippen molar-refractivity contribution in [1.29, 1.82) is 0 Å². The summed E-state index contributed by atoms with van der Waals surface area (Å²) in [4.78, 5) is 42.5. The highest BCUT2D eigenvalue weighted by atomic mass is 16.5. The molecule has 0 radical (unpaired) electrons. The summed E-state index contributed by atoms with van der Waals surface area (Å²) < 4.78 is 6.63. The smallest absolute Gasteiger partial charge is 0.255 e. The maximum atomic E-state index is 13.5. The molecule has 0 spiro atoms. The van der Waals surface area contributed by atoms with E-state index in [2.05, 4.69) is 22.5 Å². The quantitative estimate of drug-likeness (QED) is 0.252. The van der Waals surface area contributed by atoms with E-state index in [-0.39, 0.29) is 54.7 Å². The molecule has 5 rings (SSSR count). The summed E-state index contributed by atoms with van der Waals surface area (Å²) in [5.41, 5.74) is 9.96. The van der Waals surface area contributed by atoms with Gasteiger partial charge in [0.2, 0.25) is 11.8 Å². The third kappa shape index (κ3) is 8.20. The highest BCUT2D eigenvalue weighted by Crippen LogP contribution is 2.32. The molecule has 0 saturated heterocycles. The zero-order valence-electron chi connectivity index (χ0n) is 26.2. The van der Waals surface area contributed by atoms with Gasteiger partial charge >= 0.3 is 0 Å². The molecule has 5 N–H and O–H groups in total. The minimum atomic E-state index is -0.341. The lowest BCUT2D eigenvalue weighted by Gasteiger charge is -2.34. The summed E-state index contributed by atoms with van der Waals surface area (Å²) in [5, 5.41) is 15.7. The van der Waals surface area contributed by atoms with Crippen LogP contribution >= 0.6 is 0 Å². The van der Waals surface area contributed by atoms with Crippen molar-refractivity contribution in [3.8, 4) is 5.75 Å². The number of aliphatic hydroxyl groups excluding tert-OH is 1. The molecule has 3 aromatic rings. The normalized spacial score (nSPS) is 19.0. The molecule has 3 amide bonds.